The molecule has 7 heteroatoms. The highest BCUT2D eigenvalue weighted by Gasteiger charge is 2.30. The molecule has 0 radical (unpaired) electrons. The molecule has 1 aromatic heterocycles. The average Bonchev–Trinajstić information content (AvgIpc) is 3.10. The number of piperazine rings is 1. The van der Waals surface area contributed by atoms with E-state index < -0.39 is 0 Å². The Morgan fingerprint density at radius 2 is 2.15 bits per heavy atom. The van der Waals surface area contributed by atoms with E-state index in [2.05, 4.69) is 35.5 Å². The van der Waals surface area contributed by atoms with Crippen molar-refractivity contribution in [2.45, 2.75) is 32.4 Å². The Hall–Kier alpha value is -1.06. The number of guanidine groups is 1. The minimum absolute atomic E-state index is 0. The van der Waals surface area contributed by atoms with Crippen LogP contribution in [0.5, 0.6) is 0 Å². The van der Waals surface area contributed by atoms with Crippen molar-refractivity contribution in [3.8, 4) is 0 Å². The van der Waals surface area contributed by atoms with Crippen molar-refractivity contribution < 1.29 is 9.15 Å². The summed E-state index contributed by atoms with van der Waals surface area (Å²) in [5, 5.41) is 3.40. The van der Waals surface area contributed by atoms with Crippen LogP contribution in [0.2, 0.25) is 0 Å². The van der Waals surface area contributed by atoms with Gasteiger partial charge < -0.3 is 19.4 Å². The van der Waals surface area contributed by atoms with E-state index in [0.29, 0.717) is 25.2 Å². The van der Waals surface area contributed by atoms with E-state index in [1.54, 1.807) is 13.4 Å². The molecule has 1 aromatic rings. The highest BCUT2D eigenvalue weighted by Crippen LogP contribution is 2.15. The van der Waals surface area contributed by atoms with Crippen molar-refractivity contribution >= 4 is 29.9 Å². The number of nitrogens with zero attached hydrogens (tertiary/aromatic N) is 3. The van der Waals surface area contributed by atoms with Crippen LogP contribution in [0.25, 0.3) is 0 Å². The number of rotatable bonds is 8. The molecule has 0 aliphatic carbocycles. The van der Waals surface area contributed by atoms with E-state index >= 15 is 0 Å². The summed E-state index contributed by atoms with van der Waals surface area (Å²) in [6.45, 7) is 13.4. The zero-order valence-electron chi connectivity index (χ0n) is 16.2. The second kappa shape index (κ2) is 12.3. The molecule has 1 saturated heterocycles. The van der Waals surface area contributed by atoms with Crippen molar-refractivity contribution in [1.82, 2.24) is 15.1 Å². The Balaban J connectivity index is 0.00000338. The minimum atomic E-state index is 0. The fourth-order valence-electron chi connectivity index (χ4n) is 3.32. The van der Waals surface area contributed by atoms with Gasteiger partial charge >= 0.3 is 0 Å². The van der Waals surface area contributed by atoms with Crippen molar-refractivity contribution in [3.63, 3.8) is 0 Å². The molecule has 2 atom stereocenters. The molecule has 2 unspecified atom stereocenters. The van der Waals surface area contributed by atoms with Crippen LogP contribution < -0.4 is 5.32 Å². The molecule has 0 aromatic carbocycles. The van der Waals surface area contributed by atoms with Crippen LogP contribution in [-0.4, -0.2) is 74.3 Å². The molecule has 6 nitrogen and oxygen atoms in total. The lowest BCUT2D eigenvalue weighted by Crippen LogP contribution is -2.60. The molecule has 1 aliphatic heterocycles. The molecule has 0 saturated carbocycles. The number of aliphatic imine (C=N–C) groups is 1. The molecule has 26 heavy (non-hydrogen) atoms. The maximum atomic E-state index is 5.39. The van der Waals surface area contributed by atoms with Crippen molar-refractivity contribution in [2.75, 3.05) is 46.4 Å². The van der Waals surface area contributed by atoms with Crippen LogP contribution in [0, 0.1) is 0 Å². The highest BCUT2D eigenvalue weighted by molar-refractivity contribution is 14.0. The van der Waals surface area contributed by atoms with Gasteiger partial charge in [-0.1, -0.05) is 6.08 Å². The van der Waals surface area contributed by atoms with Crippen LogP contribution in [0.3, 0.4) is 0 Å². The lowest BCUT2D eigenvalue weighted by molar-refractivity contribution is 0.0444. The fourth-order valence-corrected chi connectivity index (χ4v) is 3.32. The number of methoxy groups -OCH3 is 1. The third-order valence-corrected chi connectivity index (χ3v) is 4.56. The maximum Gasteiger partial charge on any atom is 0.194 e. The van der Waals surface area contributed by atoms with Crippen LogP contribution in [0.1, 0.15) is 19.6 Å². The molecular weight excluding hydrogens is 443 g/mol. The Labute approximate surface area is 174 Å². The number of furan rings is 1. The topological polar surface area (TPSA) is 53.2 Å². The first-order valence-electron chi connectivity index (χ1n) is 9.07. The summed E-state index contributed by atoms with van der Waals surface area (Å²) in [7, 11) is 1.76. The van der Waals surface area contributed by atoms with Gasteiger partial charge in [0, 0.05) is 58.3 Å². The van der Waals surface area contributed by atoms with Crippen molar-refractivity contribution in [1.29, 1.82) is 0 Å². The predicted octanol–water partition coefficient (Wildman–Crippen LogP) is 2.61. The Kier molecular flexibility index (Phi) is 10.9. The molecule has 148 valence electrons. The Morgan fingerprint density at radius 3 is 2.73 bits per heavy atom. The first kappa shape index (κ1) is 23.0. The van der Waals surface area contributed by atoms with Crippen LogP contribution in [0.4, 0.5) is 0 Å². The second-order valence-corrected chi connectivity index (χ2v) is 6.54. The first-order valence-corrected chi connectivity index (χ1v) is 9.07. The number of hydrogen-bond donors (Lipinski definition) is 1. The van der Waals surface area contributed by atoms with Gasteiger partial charge in [-0.3, -0.25) is 9.89 Å². The third-order valence-electron chi connectivity index (χ3n) is 4.56. The fraction of sp³-hybridized carbons (Fsp3) is 0.632. The van der Waals surface area contributed by atoms with Gasteiger partial charge in [-0.25, -0.2) is 0 Å². The summed E-state index contributed by atoms with van der Waals surface area (Å²) in [5.74, 6) is 1.93. The maximum absolute atomic E-state index is 5.39. The summed E-state index contributed by atoms with van der Waals surface area (Å²) < 4.78 is 10.6. The van der Waals surface area contributed by atoms with Crippen LogP contribution in [0.15, 0.2) is 40.5 Å². The van der Waals surface area contributed by atoms with Gasteiger partial charge in [-0.15, -0.1) is 30.6 Å². The van der Waals surface area contributed by atoms with Crippen LogP contribution >= 0.6 is 24.0 Å². The summed E-state index contributed by atoms with van der Waals surface area (Å²) >= 11 is 0. The number of ether oxygens (including phenoxy) is 1. The molecule has 1 N–H and O–H groups in total. The van der Waals surface area contributed by atoms with E-state index in [4.69, 9.17) is 14.1 Å². The zero-order valence-corrected chi connectivity index (χ0v) is 18.5. The summed E-state index contributed by atoms with van der Waals surface area (Å²) in [6, 6.07) is 4.82. The number of hydrogen-bond acceptors (Lipinski definition) is 4. The third kappa shape index (κ3) is 6.92. The monoisotopic (exact) mass is 476 g/mol. The lowest BCUT2D eigenvalue weighted by Gasteiger charge is -2.45. The average molecular weight is 476 g/mol. The van der Waals surface area contributed by atoms with E-state index in [0.717, 1.165) is 44.4 Å². The largest absolute Gasteiger partial charge is 0.469 e. The SMILES string of the molecule is C=CCNC(=NCCc1ccco1)N1CC(C)N(CCOC)C(C)C1.I. The standard InChI is InChI=1S/C19H32N4O2.HI/c1-5-9-20-19(21-10-8-18-7-6-12-25-18)22-14-16(2)23(11-13-24-4)17(3)15-22;/h5-7,12,16-17H,1,8-11,13-15H2,2-4H3,(H,20,21);1H. The van der Waals surface area contributed by atoms with Gasteiger partial charge in [0.15, 0.2) is 5.96 Å². The second-order valence-electron chi connectivity index (χ2n) is 6.54. The van der Waals surface area contributed by atoms with Gasteiger partial charge in [0.25, 0.3) is 0 Å². The van der Waals surface area contributed by atoms with Gasteiger partial charge in [0.05, 0.1) is 12.9 Å². The number of nitrogens with one attached hydrogen (secondary N) is 1. The van der Waals surface area contributed by atoms with Gasteiger partial charge in [0.1, 0.15) is 5.76 Å². The molecular formula is C19H33IN4O2. The van der Waals surface area contributed by atoms with Gasteiger partial charge in [-0.2, -0.15) is 0 Å². The molecule has 0 bridgehead atoms. The van der Waals surface area contributed by atoms with Crippen molar-refractivity contribution in [3.05, 3.63) is 36.8 Å². The Morgan fingerprint density at radius 1 is 1.42 bits per heavy atom. The van der Waals surface area contributed by atoms with E-state index in [1.165, 1.54) is 0 Å². The smallest absolute Gasteiger partial charge is 0.194 e. The first-order chi connectivity index (χ1) is 12.2. The van der Waals surface area contributed by atoms with Gasteiger partial charge in [0.2, 0.25) is 0 Å². The minimum Gasteiger partial charge on any atom is -0.469 e. The normalized spacial score (nSPS) is 21.3. The van der Waals surface area contributed by atoms with Gasteiger partial charge in [-0.05, 0) is 26.0 Å². The Bertz CT molecular complexity index is 524. The predicted molar refractivity (Wildman–Crippen MR) is 117 cm³/mol. The molecule has 2 rings (SSSR count). The molecule has 0 amide bonds. The van der Waals surface area contributed by atoms with E-state index in [-0.39, 0.29) is 24.0 Å². The summed E-state index contributed by atoms with van der Waals surface area (Å²) in [4.78, 5) is 9.66. The molecule has 0 spiro atoms. The lowest BCUT2D eigenvalue weighted by atomic mass is 10.1. The van der Waals surface area contributed by atoms with Crippen LogP contribution in [-0.2, 0) is 11.2 Å². The molecule has 2 heterocycles. The summed E-state index contributed by atoms with van der Waals surface area (Å²) in [5.41, 5.74) is 0. The zero-order chi connectivity index (χ0) is 18.1. The highest BCUT2D eigenvalue weighted by atomic mass is 127. The molecule has 1 aliphatic rings. The van der Waals surface area contributed by atoms with E-state index in [1.807, 2.05) is 18.2 Å². The summed E-state index contributed by atoms with van der Waals surface area (Å²) in [6.07, 6.45) is 4.38. The van der Waals surface area contributed by atoms with Crippen molar-refractivity contribution in [2.24, 2.45) is 4.99 Å². The molecule has 1 fully saturated rings. The van der Waals surface area contributed by atoms with E-state index in [9.17, 15) is 0 Å². The quantitative estimate of drug-likeness (QED) is 0.271. The number of halogens is 1.